The number of ketones is 1. The largest absolute Gasteiger partial charge is 0.417 e. The van der Waals surface area contributed by atoms with Gasteiger partial charge in [0.05, 0.1) is 15.4 Å². The molecule has 102 valence electrons. The zero-order chi connectivity index (χ0) is 14.4. The Morgan fingerprint density at radius 3 is 2.42 bits per heavy atom. The van der Waals surface area contributed by atoms with E-state index in [0.717, 1.165) is 24.3 Å². The average Bonchev–Trinajstić information content (AvgIpc) is 2.49. The fraction of sp³-hybridized carbons (Fsp3) is 0.250. The Hall–Kier alpha value is -1.63. The van der Waals surface area contributed by atoms with Crippen LogP contribution >= 0.6 is 0 Å². The summed E-state index contributed by atoms with van der Waals surface area (Å²) in [6, 6.07) is 2.98. The Kier molecular flexibility index (Phi) is 3.04. The van der Waals surface area contributed by atoms with Crippen molar-refractivity contribution in [3.8, 4) is 0 Å². The molecule has 1 aliphatic rings. The molecule has 0 aromatic heterocycles. The second kappa shape index (κ2) is 4.19. The molecule has 1 aliphatic heterocycles. The van der Waals surface area contributed by atoms with E-state index in [2.05, 4.69) is 0 Å². The molecule has 0 amide bonds. The van der Waals surface area contributed by atoms with Crippen molar-refractivity contribution in [2.24, 2.45) is 0 Å². The maximum absolute atomic E-state index is 12.8. The van der Waals surface area contributed by atoms with Gasteiger partial charge in [-0.15, -0.1) is 0 Å². The number of Topliss-reactive ketones (excluding diaryl/α,β-unsaturated/α-hetero) is 1. The van der Waals surface area contributed by atoms with Crippen molar-refractivity contribution in [3.63, 3.8) is 0 Å². The van der Waals surface area contributed by atoms with E-state index < -0.39 is 38.7 Å². The number of fused-ring (bicyclic) bond motifs is 1. The first-order chi connectivity index (χ1) is 8.64. The molecule has 0 aliphatic carbocycles. The van der Waals surface area contributed by atoms with Gasteiger partial charge in [-0.2, -0.15) is 13.2 Å². The average molecular weight is 290 g/mol. The minimum Gasteiger partial charge on any atom is -0.300 e. The predicted molar refractivity (Wildman–Crippen MR) is 61.9 cm³/mol. The van der Waals surface area contributed by atoms with E-state index in [4.69, 9.17) is 0 Å². The number of benzene rings is 1. The number of halogens is 3. The van der Waals surface area contributed by atoms with Gasteiger partial charge in [0, 0.05) is 12.0 Å². The summed E-state index contributed by atoms with van der Waals surface area (Å²) in [4.78, 5) is 10.3. The monoisotopic (exact) mass is 290 g/mol. The zero-order valence-corrected chi connectivity index (χ0v) is 10.6. The van der Waals surface area contributed by atoms with Crippen LogP contribution in [0.1, 0.15) is 24.5 Å². The third-order valence-electron chi connectivity index (χ3n) is 2.73. The summed E-state index contributed by atoms with van der Waals surface area (Å²) < 4.78 is 62.4. The normalized spacial score (nSPS) is 16.9. The lowest BCUT2D eigenvalue weighted by Gasteiger charge is -2.10. The van der Waals surface area contributed by atoms with E-state index in [-0.39, 0.29) is 10.5 Å². The van der Waals surface area contributed by atoms with Crippen molar-refractivity contribution in [3.05, 3.63) is 34.2 Å². The van der Waals surface area contributed by atoms with Gasteiger partial charge in [-0.1, -0.05) is 6.07 Å². The van der Waals surface area contributed by atoms with E-state index >= 15 is 0 Å². The van der Waals surface area contributed by atoms with Gasteiger partial charge >= 0.3 is 6.18 Å². The summed E-state index contributed by atoms with van der Waals surface area (Å²) in [6.45, 7) is 1.18. The van der Waals surface area contributed by atoms with Gasteiger partial charge in [-0.3, -0.25) is 4.79 Å². The lowest BCUT2D eigenvalue weighted by atomic mass is 10.1. The van der Waals surface area contributed by atoms with Gasteiger partial charge in [0.15, 0.2) is 0 Å². The number of allylic oxidation sites excluding steroid dienone is 1. The molecular weight excluding hydrogens is 281 g/mol. The zero-order valence-electron chi connectivity index (χ0n) is 9.78. The number of rotatable bonds is 2. The van der Waals surface area contributed by atoms with Crippen molar-refractivity contribution >= 4 is 21.7 Å². The van der Waals surface area contributed by atoms with Crippen LogP contribution in [0.15, 0.2) is 28.0 Å². The lowest BCUT2D eigenvalue weighted by molar-refractivity contribution is -0.137. The maximum atomic E-state index is 12.8. The minimum absolute atomic E-state index is 0.285. The summed E-state index contributed by atoms with van der Waals surface area (Å²) in [5.74, 6) is -0.420. The second-order valence-electron chi connectivity index (χ2n) is 4.21. The summed E-state index contributed by atoms with van der Waals surface area (Å²) >= 11 is 0. The lowest BCUT2D eigenvalue weighted by Crippen LogP contribution is -2.09. The fourth-order valence-electron chi connectivity index (χ4n) is 1.95. The molecule has 19 heavy (non-hydrogen) atoms. The summed E-state index contributed by atoms with van der Waals surface area (Å²) in [6.07, 6.45) is -4.09. The predicted octanol–water partition coefficient (Wildman–Crippen LogP) is 2.81. The Morgan fingerprint density at radius 2 is 1.89 bits per heavy atom. The Balaban J connectivity index is 2.67. The molecule has 0 unspecified atom stereocenters. The highest BCUT2D eigenvalue weighted by Crippen LogP contribution is 2.42. The first kappa shape index (κ1) is 13.8. The number of carbonyl (C=O) groups is 1. The van der Waals surface area contributed by atoms with Gasteiger partial charge in [0.1, 0.15) is 5.78 Å². The highest BCUT2D eigenvalue weighted by molar-refractivity contribution is 7.95. The van der Waals surface area contributed by atoms with E-state index in [1.54, 1.807) is 0 Å². The van der Waals surface area contributed by atoms with Gasteiger partial charge in [0.25, 0.3) is 0 Å². The standard InChI is InChI=1S/C12H9F3O3S/c1-7(16)5-8-6-9-10(12(13,14)15)3-2-4-11(9)19(8,17)18/h2-4,6H,5H2,1H3. The number of alkyl halides is 3. The molecule has 1 heterocycles. The SMILES string of the molecule is CC(=O)CC1=Cc2c(C(F)(F)F)cccc2S1(=O)=O. The van der Waals surface area contributed by atoms with E-state index in [9.17, 15) is 26.4 Å². The fourth-order valence-corrected chi connectivity index (χ4v) is 3.61. The highest BCUT2D eigenvalue weighted by Gasteiger charge is 2.39. The van der Waals surface area contributed by atoms with Crippen molar-refractivity contribution in [1.82, 2.24) is 0 Å². The molecule has 1 aromatic carbocycles. The minimum atomic E-state index is -4.64. The van der Waals surface area contributed by atoms with Gasteiger partial charge < -0.3 is 0 Å². The van der Waals surface area contributed by atoms with Crippen LogP contribution in [0.25, 0.3) is 6.08 Å². The molecule has 0 saturated carbocycles. The molecular formula is C12H9F3O3S. The van der Waals surface area contributed by atoms with Crippen LogP contribution in [0.3, 0.4) is 0 Å². The smallest absolute Gasteiger partial charge is 0.300 e. The van der Waals surface area contributed by atoms with E-state index in [1.807, 2.05) is 0 Å². The first-order valence-electron chi connectivity index (χ1n) is 5.29. The summed E-state index contributed by atoms with van der Waals surface area (Å²) in [5, 5.41) is 0. The molecule has 0 fully saturated rings. The Morgan fingerprint density at radius 1 is 1.26 bits per heavy atom. The quantitative estimate of drug-likeness (QED) is 0.841. The second-order valence-corrected chi connectivity index (χ2v) is 6.18. The van der Waals surface area contributed by atoms with Crippen LogP contribution < -0.4 is 0 Å². The van der Waals surface area contributed by atoms with Gasteiger partial charge in [-0.25, -0.2) is 8.42 Å². The molecule has 7 heteroatoms. The van der Waals surface area contributed by atoms with Crippen LogP contribution in [-0.2, 0) is 20.8 Å². The summed E-state index contributed by atoms with van der Waals surface area (Å²) in [5.41, 5.74) is -1.39. The number of hydrogen-bond acceptors (Lipinski definition) is 3. The summed E-state index contributed by atoms with van der Waals surface area (Å²) in [7, 11) is -3.98. The molecule has 0 radical (unpaired) electrons. The molecule has 0 saturated heterocycles. The molecule has 0 atom stereocenters. The topological polar surface area (TPSA) is 51.2 Å². The van der Waals surface area contributed by atoms with Crippen molar-refractivity contribution < 1.29 is 26.4 Å². The van der Waals surface area contributed by atoms with Crippen molar-refractivity contribution in [1.29, 1.82) is 0 Å². The van der Waals surface area contributed by atoms with E-state index in [0.29, 0.717) is 0 Å². The molecule has 0 N–H and O–H groups in total. The Labute approximate surface area is 107 Å². The van der Waals surface area contributed by atoms with E-state index in [1.165, 1.54) is 6.92 Å². The van der Waals surface area contributed by atoms with Crippen LogP contribution in [-0.4, -0.2) is 14.2 Å². The third-order valence-corrected chi connectivity index (χ3v) is 4.62. The van der Waals surface area contributed by atoms with Crippen LogP contribution in [0.4, 0.5) is 13.2 Å². The maximum Gasteiger partial charge on any atom is 0.417 e. The van der Waals surface area contributed by atoms with Gasteiger partial charge in [-0.05, 0) is 25.1 Å². The number of sulfone groups is 1. The van der Waals surface area contributed by atoms with Crippen LogP contribution in [0.5, 0.6) is 0 Å². The van der Waals surface area contributed by atoms with Gasteiger partial charge in [0.2, 0.25) is 9.84 Å². The molecule has 3 nitrogen and oxygen atoms in total. The number of carbonyl (C=O) groups excluding carboxylic acids is 1. The van der Waals surface area contributed by atoms with Crippen LogP contribution in [0.2, 0.25) is 0 Å². The molecule has 0 bridgehead atoms. The molecule has 0 spiro atoms. The van der Waals surface area contributed by atoms with Crippen molar-refractivity contribution in [2.45, 2.75) is 24.4 Å². The number of hydrogen-bond donors (Lipinski definition) is 0. The first-order valence-corrected chi connectivity index (χ1v) is 6.77. The third kappa shape index (κ3) is 2.30. The van der Waals surface area contributed by atoms with Crippen molar-refractivity contribution in [2.75, 3.05) is 0 Å². The molecule has 2 rings (SSSR count). The Bertz CT molecular complexity index is 685. The van der Waals surface area contributed by atoms with Crippen LogP contribution in [0, 0.1) is 0 Å². The molecule has 1 aromatic rings. The highest BCUT2D eigenvalue weighted by atomic mass is 32.2.